The molecule has 0 fully saturated rings. The van der Waals surface area contributed by atoms with Crippen LogP contribution in [0.25, 0.3) is 0 Å². The molecule has 29 heavy (non-hydrogen) atoms. The largest absolute Gasteiger partial charge is 0.276 e. The molecule has 1 aliphatic rings. The molecule has 1 aromatic rings. The van der Waals surface area contributed by atoms with Gasteiger partial charge in [0.2, 0.25) is 5.91 Å². The lowest BCUT2D eigenvalue weighted by Crippen LogP contribution is -2.36. The third kappa shape index (κ3) is 6.66. The molecule has 1 heterocycles. The van der Waals surface area contributed by atoms with Gasteiger partial charge in [-0.3, -0.25) is 9.59 Å². The van der Waals surface area contributed by atoms with E-state index < -0.39 is 21.8 Å². The third-order valence-corrected chi connectivity index (χ3v) is 7.30. The van der Waals surface area contributed by atoms with E-state index in [1.165, 1.54) is 69.9 Å². The molecule has 162 valence electrons. The molecule has 5 nitrogen and oxygen atoms in total. The Bertz CT molecular complexity index is 773. The van der Waals surface area contributed by atoms with Gasteiger partial charge in [0.25, 0.3) is 15.9 Å². The van der Waals surface area contributed by atoms with Crippen molar-refractivity contribution in [1.82, 2.24) is 4.31 Å². The first-order valence-corrected chi connectivity index (χ1v) is 12.7. The molecule has 0 saturated carbocycles. The van der Waals surface area contributed by atoms with Gasteiger partial charge in [-0.2, -0.15) is 4.31 Å². The van der Waals surface area contributed by atoms with Crippen molar-refractivity contribution in [3.8, 4) is 0 Å². The summed E-state index contributed by atoms with van der Waals surface area (Å²) in [5, 5.41) is 0. The quantitative estimate of drug-likeness (QED) is 0.354. The van der Waals surface area contributed by atoms with Gasteiger partial charge in [-0.15, -0.1) is 0 Å². The number of carbonyl (C=O) groups is 2. The Morgan fingerprint density at radius 2 is 1.28 bits per heavy atom. The fraction of sp³-hybridized carbons (Fsp3) is 0.652. The molecular weight excluding hydrogens is 386 g/mol. The first-order chi connectivity index (χ1) is 14.0. The van der Waals surface area contributed by atoms with Gasteiger partial charge in [0.05, 0.1) is 5.56 Å². The molecule has 6 heteroatoms. The maximum absolute atomic E-state index is 12.5. The van der Waals surface area contributed by atoms with Gasteiger partial charge in [0.1, 0.15) is 4.90 Å². The van der Waals surface area contributed by atoms with E-state index in [9.17, 15) is 18.0 Å². The van der Waals surface area contributed by atoms with Crippen molar-refractivity contribution in [2.75, 3.05) is 0 Å². The van der Waals surface area contributed by atoms with Crippen LogP contribution in [0.4, 0.5) is 0 Å². The fourth-order valence-electron chi connectivity index (χ4n) is 3.83. The monoisotopic (exact) mass is 421 g/mol. The van der Waals surface area contributed by atoms with Gasteiger partial charge < -0.3 is 0 Å². The number of sulfonamides is 1. The summed E-state index contributed by atoms with van der Waals surface area (Å²) in [7, 11) is -4.03. The topological polar surface area (TPSA) is 71.5 Å². The number of fused-ring (bicyclic) bond motifs is 1. The molecule has 0 aromatic heterocycles. The first kappa shape index (κ1) is 23.6. The van der Waals surface area contributed by atoms with Crippen LogP contribution in [0.2, 0.25) is 0 Å². The van der Waals surface area contributed by atoms with E-state index in [4.69, 9.17) is 0 Å². The van der Waals surface area contributed by atoms with Crippen molar-refractivity contribution < 1.29 is 18.0 Å². The summed E-state index contributed by atoms with van der Waals surface area (Å²) < 4.78 is 25.4. The summed E-state index contributed by atoms with van der Waals surface area (Å²) in [6.45, 7) is 2.24. The maximum Gasteiger partial charge on any atom is 0.276 e. The molecule has 0 unspecified atom stereocenters. The highest BCUT2D eigenvalue weighted by molar-refractivity contribution is 7.90. The Morgan fingerprint density at radius 3 is 1.79 bits per heavy atom. The van der Waals surface area contributed by atoms with Crippen molar-refractivity contribution in [2.24, 2.45) is 0 Å². The van der Waals surface area contributed by atoms with Crippen LogP contribution in [0.1, 0.15) is 107 Å². The lowest BCUT2D eigenvalue weighted by atomic mass is 10.0. The second-order valence-electron chi connectivity index (χ2n) is 7.96. The smallest absolute Gasteiger partial charge is 0.273 e. The zero-order valence-corrected chi connectivity index (χ0v) is 18.5. The molecule has 0 radical (unpaired) electrons. The van der Waals surface area contributed by atoms with E-state index in [0.717, 1.165) is 19.3 Å². The molecule has 1 aromatic carbocycles. The zero-order chi connectivity index (χ0) is 21.1. The fourth-order valence-corrected chi connectivity index (χ4v) is 5.38. The maximum atomic E-state index is 12.5. The van der Waals surface area contributed by atoms with Gasteiger partial charge in [0, 0.05) is 6.42 Å². The van der Waals surface area contributed by atoms with E-state index in [0.29, 0.717) is 10.7 Å². The van der Waals surface area contributed by atoms with Crippen molar-refractivity contribution >= 4 is 21.8 Å². The van der Waals surface area contributed by atoms with Crippen LogP contribution in [0, 0.1) is 0 Å². The number of benzene rings is 1. The van der Waals surface area contributed by atoms with Crippen molar-refractivity contribution in [3.05, 3.63) is 29.8 Å². The highest BCUT2D eigenvalue weighted by Gasteiger charge is 2.44. The summed E-state index contributed by atoms with van der Waals surface area (Å²) in [5.74, 6) is -1.34. The summed E-state index contributed by atoms with van der Waals surface area (Å²) >= 11 is 0. The number of amides is 2. The van der Waals surface area contributed by atoms with Crippen LogP contribution in [-0.2, 0) is 14.8 Å². The van der Waals surface area contributed by atoms with Crippen LogP contribution < -0.4 is 0 Å². The van der Waals surface area contributed by atoms with Gasteiger partial charge >= 0.3 is 0 Å². The Balaban J connectivity index is 1.56. The van der Waals surface area contributed by atoms with Gasteiger partial charge in [-0.05, 0) is 18.6 Å². The van der Waals surface area contributed by atoms with Gasteiger partial charge in [-0.25, -0.2) is 8.42 Å². The Kier molecular flexibility index (Phi) is 9.85. The van der Waals surface area contributed by atoms with Gasteiger partial charge in [0.15, 0.2) is 0 Å². The predicted octanol–water partition coefficient (Wildman–Crippen LogP) is 5.84. The van der Waals surface area contributed by atoms with Crippen LogP contribution in [0.5, 0.6) is 0 Å². The van der Waals surface area contributed by atoms with Crippen molar-refractivity contribution in [2.45, 2.75) is 102 Å². The SMILES string of the molecule is CCCCCCCCCCCCCCCC(=O)N1C(=O)c2ccccc2S1(=O)=O. The molecule has 1 aliphatic heterocycles. The molecule has 2 rings (SSSR count). The second-order valence-corrected chi connectivity index (χ2v) is 9.71. The molecule has 0 N–H and O–H groups in total. The van der Waals surface area contributed by atoms with E-state index in [1.54, 1.807) is 12.1 Å². The summed E-state index contributed by atoms with van der Waals surface area (Å²) in [5.41, 5.74) is 0.0891. The number of hydrogen-bond acceptors (Lipinski definition) is 4. The van der Waals surface area contributed by atoms with Crippen molar-refractivity contribution in [1.29, 1.82) is 0 Å². The molecule has 0 saturated heterocycles. The Labute approximate surface area is 175 Å². The highest BCUT2D eigenvalue weighted by atomic mass is 32.2. The number of nitrogens with zero attached hydrogens (tertiary/aromatic N) is 1. The van der Waals surface area contributed by atoms with E-state index in [-0.39, 0.29) is 16.9 Å². The zero-order valence-electron chi connectivity index (χ0n) is 17.7. The average Bonchev–Trinajstić information content (AvgIpc) is 2.91. The summed E-state index contributed by atoms with van der Waals surface area (Å²) in [4.78, 5) is 24.6. The van der Waals surface area contributed by atoms with E-state index in [1.807, 2.05) is 0 Å². The highest BCUT2D eigenvalue weighted by Crippen LogP contribution is 2.30. The number of carbonyl (C=O) groups excluding carboxylic acids is 2. The van der Waals surface area contributed by atoms with Gasteiger partial charge in [-0.1, -0.05) is 96.1 Å². The number of hydrogen-bond donors (Lipinski definition) is 0. The lowest BCUT2D eigenvalue weighted by Gasteiger charge is -2.12. The van der Waals surface area contributed by atoms with Crippen LogP contribution in [0.15, 0.2) is 29.2 Å². The summed E-state index contributed by atoms with van der Waals surface area (Å²) in [6.07, 6.45) is 15.7. The van der Waals surface area contributed by atoms with Crippen LogP contribution in [-0.4, -0.2) is 24.5 Å². The van der Waals surface area contributed by atoms with Crippen LogP contribution >= 0.6 is 0 Å². The van der Waals surface area contributed by atoms with Crippen LogP contribution in [0.3, 0.4) is 0 Å². The average molecular weight is 422 g/mol. The lowest BCUT2D eigenvalue weighted by molar-refractivity contribution is -0.124. The first-order valence-electron chi connectivity index (χ1n) is 11.2. The minimum Gasteiger partial charge on any atom is -0.273 e. The molecule has 0 spiro atoms. The number of imide groups is 1. The Morgan fingerprint density at radius 1 is 0.793 bits per heavy atom. The molecule has 2 amide bonds. The minimum atomic E-state index is -4.03. The molecule has 0 aliphatic carbocycles. The normalized spacial score (nSPS) is 14.9. The predicted molar refractivity (Wildman–Crippen MR) is 115 cm³/mol. The standard InChI is InChI=1S/C23H35NO4S/c1-2-3-4-5-6-7-8-9-10-11-12-13-14-19-22(25)24-23(26)20-17-15-16-18-21(20)29(24,27)28/h15-18H,2-14,19H2,1H3. The van der Waals surface area contributed by atoms with E-state index in [2.05, 4.69) is 6.92 Å². The third-order valence-electron chi connectivity index (χ3n) is 5.54. The van der Waals surface area contributed by atoms with E-state index >= 15 is 0 Å². The number of unbranched alkanes of at least 4 members (excludes halogenated alkanes) is 12. The van der Waals surface area contributed by atoms with Crippen molar-refractivity contribution in [3.63, 3.8) is 0 Å². The number of rotatable bonds is 14. The Hall–Kier alpha value is -1.69. The molecule has 0 bridgehead atoms. The minimum absolute atomic E-state index is 0.0660. The summed E-state index contributed by atoms with van der Waals surface area (Å²) in [6, 6.07) is 5.99. The molecule has 0 atom stereocenters. The molecular formula is C23H35NO4S. The second kappa shape index (κ2) is 12.1.